The fraction of sp³-hybridized carbons (Fsp3) is 0.533. The molecule has 0 amide bonds. The zero-order valence-electron chi connectivity index (χ0n) is 14.2. The molecule has 0 N–H and O–H groups in total. The first kappa shape index (κ1) is 22.8. The smallest absolute Gasteiger partial charge is 0.254 e. The fourth-order valence-corrected chi connectivity index (χ4v) is 5.32. The first-order valence-electron chi connectivity index (χ1n) is 7.68. The van der Waals surface area contributed by atoms with Crippen molar-refractivity contribution in [2.75, 3.05) is 17.3 Å². The molecule has 1 atom stereocenters. The van der Waals surface area contributed by atoms with E-state index in [1.165, 1.54) is 6.92 Å². The van der Waals surface area contributed by atoms with E-state index in [0.717, 1.165) is 0 Å². The van der Waals surface area contributed by atoms with Crippen LogP contribution in [0.25, 0.3) is 0 Å². The summed E-state index contributed by atoms with van der Waals surface area (Å²) in [4.78, 5) is 2.70. The molecule has 1 aromatic rings. The Labute approximate surface area is 158 Å². The lowest BCUT2D eigenvalue weighted by Crippen LogP contribution is -2.40. The lowest BCUT2D eigenvalue weighted by atomic mass is 10.0. The van der Waals surface area contributed by atoms with Gasteiger partial charge in [0.15, 0.2) is 9.84 Å². The lowest BCUT2D eigenvalue weighted by Gasteiger charge is -2.26. The Hall–Kier alpha value is -1.50. The molecule has 0 spiro atoms. The van der Waals surface area contributed by atoms with Crippen LogP contribution < -0.4 is 0 Å². The quantitative estimate of drug-likeness (QED) is 0.502. The maximum atomic E-state index is 14.0. The van der Waals surface area contributed by atoms with Crippen molar-refractivity contribution < 1.29 is 43.4 Å². The number of rotatable bonds is 5. The lowest BCUT2D eigenvalue weighted by molar-refractivity contribution is -0.105. The second-order valence-corrected chi connectivity index (χ2v) is 9.95. The highest BCUT2D eigenvalue weighted by molar-refractivity contribution is 7.92. The SMILES string of the molecule is Cc1cc(F)c(N=C(CC2CS(=O)(=O)C2)C(F)(F)F)cc1S(=O)CC(F)(F)F. The van der Waals surface area contributed by atoms with E-state index < -0.39 is 84.7 Å². The molecular formula is C15H14F7NO3S2. The van der Waals surface area contributed by atoms with Crippen molar-refractivity contribution >= 4 is 32.0 Å². The van der Waals surface area contributed by atoms with Crippen LogP contribution in [-0.4, -0.2) is 47.9 Å². The van der Waals surface area contributed by atoms with E-state index >= 15 is 0 Å². The van der Waals surface area contributed by atoms with Gasteiger partial charge in [0.1, 0.15) is 23.0 Å². The van der Waals surface area contributed by atoms with Crippen molar-refractivity contribution in [3.63, 3.8) is 0 Å². The molecule has 2 rings (SSSR count). The van der Waals surface area contributed by atoms with Crippen molar-refractivity contribution in [3.05, 3.63) is 23.5 Å². The van der Waals surface area contributed by atoms with E-state index in [0.29, 0.717) is 12.1 Å². The first-order valence-corrected chi connectivity index (χ1v) is 10.8. The van der Waals surface area contributed by atoms with Gasteiger partial charge in [-0.05, 0) is 37.0 Å². The minimum Gasteiger partial charge on any atom is -0.254 e. The van der Waals surface area contributed by atoms with Crippen molar-refractivity contribution in [2.45, 2.75) is 30.6 Å². The van der Waals surface area contributed by atoms with Crippen molar-refractivity contribution in [2.24, 2.45) is 10.9 Å². The predicted octanol–water partition coefficient (Wildman–Crippen LogP) is 3.87. The summed E-state index contributed by atoms with van der Waals surface area (Å²) in [5.41, 5.74) is -2.49. The molecule has 28 heavy (non-hydrogen) atoms. The van der Waals surface area contributed by atoms with Crippen LogP contribution in [0.5, 0.6) is 0 Å². The van der Waals surface area contributed by atoms with E-state index in [2.05, 4.69) is 4.99 Å². The van der Waals surface area contributed by atoms with Crippen LogP contribution in [0.4, 0.5) is 36.4 Å². The molecule has 4 nitrogen and oxygen atoms in total. The van der Waals surface area contributed by atoms with Gasteiger partial charge >= 0.3 is 12.4 Å². The maximum Gasteiger partial charge on any atom is 0.429 e. The standard InChI is InChI=1S/C15H14F7NO3S2/c1-8-2-10(16)11(4-12(8)27(24)7-14(17,18)19)23-13(15(20,21)22)3-9-5-28(25,26)6-9/h2,4,9H,3,5-7H2,1H3. The number of halogens is 7. The van der Waals surface area contributed by atoms with Gasteiger partial charge in [-0.15, -0.1) is 0 Å². The van der Waals surface area contributed by atoms with E-state index in [4.69, 9.17) is 0 Å². The molecule has 1 aliphatic rings. The summed E-state index contributed by atoms with van der Waals surface area (Å²) < 4.78 is 125. The highest BCUT2D eigenvalue weighted by atomic mass is 32.2. The van der Waals surface area contributed by atoms with Gasteiger partial charge in [-0.2, -0.15) is 26.3 Å². The summed E-state index contributed by atoms with van der Waals surface area (Å²) >= 11 is 0. The second kappa shape index (κ2) is 7.73. The van der Waals surface area contributed by atoms with Gasteiger partial charge in [0.2, 0.25) is 0 Å². The Morgan fingerprint density at radius 2 is 1.75 bits per heavy atom. The van der Waals surface area contributed by atoms with Crippen LogP contribution in [0.2, 0.25) is 0 Å². The van der Waals surface area contributed by atoms with Crippen LogP contribution in [0.15, 0.2) is 22.0 Å². The molecule has 1 fully saturated rings. The van der Waals surface area contributed by atoms with E-state index in [9.17, 15) is 43.4 Å². The van der Waals surface area contributed by atoms with Gasteiger partial charge < -0.3 is 0 Å². The highest BCUT2D eigenvalue weighted by Crippen LogP contribution is 2.33. The van der Waals surface area contributed by atoms with Crippen molar-refractivity contribution in [1.29, 1.82) is 0 Å². The van der Waals surface area contributed by atoms with Crippen LogP contribution >= 0.6 is 0 Å². The van der Waals surface area contributed by atoms with Crippen LogP contribution in [0, 0.1) is 18.7 Å². The number of nitrogens with zero attached hydrogens (tertiary/aromatic N) is 1. The van der Waals surface area contributed by atoms with E-state index in [-0.39, 0.29) is 5.56 Å². The molecule has 0 bridgehead atoms. The molecule has 1 aliphatic heterocycles. The Balaban J connectivity index is 2.40. The molecule has 1 aromatic carbocycles. The third-order valence-electron chi connectivity index (χ3n) is 3.83. The maximum absolute atomic E-state index is 14.0. The molecule has 13 heteroatoms. The Morgan fingerprint density at radius 3 is 2.21 bits per heavy atom. The van der Waals surface area contributed by atoms with Crippen molar-refractivity contribution in [1.82, 2.24) is 0 Å². The van der Waals surface area contributed by atoms with Crippen LogP contribution in [0.1, 0.15) is 12.0 Å². The zero-order valence-corrected chi connectivity index (χ0v) is 15.8. The number of aliphatic imine (C=N–C) groups is 1. The Kier molecular flexibility index (Phi) is 6.29. The van der Waals surface area contributed by atoms with Gasteiger partial charge in [-0.25, -0.2) is 17.8 Å². The summed E-state index contributed by atoms with van der Waals surface area (Å²) in [5, 5.41) is 0. The fourth-order valence-electron chi connectivity index (χ4n) is 2.63. The Bertz CT molecular complexity index is 909. The molecule has 0 aromatic heterocycles. The highest BCUT2D eigenvalue weighted by Gasteiger charge is 2.42. The minimum absolute atomic E-state index is 0.127. The normalized spacial score (nSPS) is 19.4. The summed E-state index contributed by atoms with van der Waals surface area (Å²) in [7, 11) is -6.04. The summed E-state index contributed by atoms with van der Waals surface area (Å²) in [6.07, 6.45) is -10.6. The zero-order chi connectivity index (χ0) is 21.5. The van der Waals surface area contributed by atoms with E-state index in [1.807, 2.05) is 0 Å². The van der Waals surface area contributed by atoms with Gasteiger partial charge in [0.05, 0.1) is 22.3 Å². The molecular weight excluding hydrogens is 439 g/mol. The van der Waals surface area contributed by atoms with Gasteiger partial charge in [-0.1, -0.05) is 0 Å². The average Bonchev–Trinajstić information content (AvgIpc) is 2.43. The number of aryl methyl sites for hydroxylation is 1. The number of sulfone groups is 1. The minimum atomic E-state index is -5.00. The topological polar surface area (TPSA) is 63.6 Å². The number of alkyl halides is 6. The molecule has 0 radical (unpaired) electrons. The summed E-state index contributed by atoms with van der Waals surface area (Å²) in [6.45, 7) is 1.17. The molecule has 1 unspecified atom stereocenters. The van der Waals surface area contributed by atoms with Gasteiger partial charge in [-0.3, -0.25) is 4.21 Å². The number of hydrogen-bond donors (Lipinski definition) is 0. The van der Waals surface area contributed by atoms with Crippen molar-refractivity contribution in [3.8, 4) is 0 Å². The summed E-state index contributed by atoms with van der Waals surface area (Å²) in [5.74, 6) is -4.72. The number of benzene rings is 1. The number of hydrogen-bond acceptors (Lipinski definition) is 4. The molecule has 158 valence electrons. The Morgan fingerprint density at radius 1 is 1.18 bits per heavy atom. The molecule has 1 saturated heterocycles. The molecule has 0 saturated carbocycles. The largest absolute Gasteiger partial charge is 0.429 e. The third kappa shape index (κ3) is 6.00. The van der Waals surface area contributed by atoms with Crippen LogP contribution in [-0.2, 0) is 20.6 Å². The predicted molar refractivity (Wildman–Crippen MR) is 88.4 cm³/mol. The van der Waals surface area contributed by atoms with Gasteiger partial charge in [0, 0.05) is 4.90 Å². The first-order chi connectivity index (χ1) is 12.6. The monoisotopic (exact) mass is 453 g/mol. The van der Waals surface area contributed by atoms with Crippen LogP contribution in [0.3, 0.4) is 0 Å². The molecule has 1 heterocycles. The summed E-state index contributed by atoms with van der Waals surface area (Å²) in [6, 6.07) is 1.25. The van der Waals surface area contributed by atoms with Gasteiger partial charge in [0.25, 0.3) is 0 Å². The second-order valence-electron chi connectivity index (χ2n) is 6.38. The average molecular weight is 453 g/mol. The third-order valence-corrected chi connectivity index (χ3v) is 7.31. The van der Waals surface area contributed by atoms with E-state index in [1.54, 1.807) is 0 Å². The molecule has 0 aliphatic carbocycles.